The Morgan fingerprint density at radius 2 is 2.32 bits per heavy atom. The minimum absolute atomic E-state index is 0.130. The van der Waals surface area contributed by atoms with Gasteiger partial charge in [0.2, 0.25) is 5.91 Å². The van der Waals surface area contributed by atoms with Gasteiger partial charge in [-0.3, -0.25) is 9.59 Å². The highest BCUT2D eigenvalue weighted by Crippen LogP contribution is 2.21. The quantitative estimate of drug-likeness (QED) is 0.813. The maximum atomic E-state index is 12.2. The van der Waals surface area contributed by atoms with Gasteiger partial charge in [0.15, 0.2) is 0 Å². The second-order valence-electron chi connectivity index (χ2n) is 5.57. The van der Waals surface area contributed by atoms with Gasteiger partial charge < -0.3 is 15.0 Å². The van der Waals surface area contributed by atoms with Crippen molar-refractivity contribution in [2.24, 2.45) is 5.92 Å². The van der Waals surface area contributed by atoms with Gasteiger partial charge in [-0.05, 0) is 30.2 Å². The van der Waals surface area contributed by atoms with Gasteiger partial charge in [0.1, 0.15) is 5.75 Å². The van der Waals surface area contributed by atoms with Crippen molar-refractivity contribution in [2.75, 3.05) is 27.2 Å². The third kappa shape index (κ3) is 3.67. The molecule has 1 aliphatic rings. The number of rotatable bonds is 6. The smallest absolute Gasteiger partial charge is 0.251 e. The molecule has 0 aromatic heterocycles. The van der Waals surface area contributed by atoms with Gasteiger partial charge >= 0.3 is 0 Å². The molecule has 1 fully saturated rings. The average Bonchev–Trinajstić information content (AvgIpc) is 2.83. The summed E-state index contributed by atoms with van der Waals surface area (Å²) in [5.41, 5.74) is 1.52. The zero-order valence-electron chi connectivity index (χ0n) is 13.1. The van der Waals surface area contributed by atoms with Crippen molar-refractivity contribution in [1.82, 2.24) is 10.2 Å². The van der Waals surface area contributed by atoms with Crippen LogP contribution < -0.4 is 10.1 Å². The summed E-state index contributed by atoms with van der Waals surface area (Å²) in [6.07, 6.45) is 2.92. The number of carbonyl (C=O) groups excluding carboxylic acids is 2. The minimum Gasteiger partial charge on any atom is -0.496 e. The highest BCUT2D eigenvalue weighted by atomic mass is 16.5. The highest BCUT2D eigenvalue weighted by molar-refractivity contribution is 5.94. The summed E-state index contributed by atoms with van der Waals surface area (Å²) in [5, 5.41) is 2.90. The second-order valence-corrected chi connectivity index (χ2v) is 5.57. The lowest BCUT2D eigenvalue weighted by molar-refractivity contribution is -0.126. The van der Waals surface area contributed by atoms with Crippen molar-refractivity contribution in [3.63, 3.8) is 0 Å². The van der Waals surface area contributed by atoms with E-state index in [1.165, 1.54) is 0 Å². The van der Waals surface area contributed by atoms with Crippen molar-refractivity contribution in [2.45, 2.75) is 12.8 Å². The van der Waals surface area contributed by atoms with E-state index in [0.29, 0.717) is 31.5 Å². The molecule has 1 aromatic carbocycles. The highest BCUT2D eigenvalue weighted by Gasteiger charge is 2.26. The Morgan fingerprint density at radius 1 is 1.55 bits per heavy atom. The molecule has 1 heterocycles. The van der Waals surface area contributed by atoms with Crippen LogP contribution in [0.25, 0.3) is 0 Å². The maximum Gasteiger partial charge on any atom is 0.251 e. The SMILES string of the molecule is C=CCc1cc(C(=O)NC[C@@H]2CC(=O)N(C)C2)ccc1OC. The van der Waals surface area contributed by atoms with Gasteiger partial charge in [-0.1, -0.05) is 6.08 Å². The van der Waals surface area contributed by atoms with Crippen molar-refractivity contribution >= 4 is 11.8 Å². The number of amides is 2. The second kappa shape index (κ2) is 7.11. The van der Waals surface area contributed by atoms with Crippen LogP contribution in [-0.2, 0) is 11.2 Å². The molecular weight excluding hydrogens is 280 g/mol. The Balaban J connectivity index is 1.99. The number of nitrogens with zero attached hydrogens (tertiary/aromatic N) is 1. The molecule has 0 unspecified atom stereocenters. The molecule has 118 valence electrons. The van der Waals surface area contributed by atoms with E-state index in [1.807, 2.05) is 6.07 Å². The van der Waals surface area contributed by atoms with Gasteiger partial charge in [0.05, 0.1) is 7.11 Å². The van der Waals surface area contributed by atoms with Crippen LogP contribution in [0.2, 0.25) is 0 Å². The van der Waals surface area contributed by atoms with Gasteiger partial charge in [0, 0.05) is 38.0 Å². The summed E-state index contributed by atoms with van der Waals surface area (Å²) in [4.78, 5) is 25.4. The monoisotopic (exact) mass is 302 g/mol. The van der Waals surface area contributed by atoms with Crippen LogP contribution >= 0.6 is 0 Å². The van der Waals surface area contributed by atoms with E-state index in [9.17, 15) is 9.59 Å². The number of allylic oxidation sites excluding steroid dienone is 1. The molecule has 1 N–H and O–H groups in total. The van der Waals surface area contributed by atoms with Gasteiger partial charge in [-0.25, -0.2) is 0 Å². The van der Waals surface area contributed by atoms with Crippen molar-refractivity contribution < 1.29 is 14.3 Å². The van der Waals surface area contributed by atoms with Crippen molar-refractivity contribution in [3.8, 4) is 5.75 Å². The number of carbonyl (C=O) groups is 2. The Bertz CT molecular complexity index is 583. The summed E-state index contributed by atoms with van der Waals surface area (Å²) in [6.45, 7) is 4.93. The predicted octanol–water partition coefficient (Wildman–Crippen LogP) is 1.63. The van der Waals surface area contributed by atoms with E-state index in [4.69, 9.17) is 4.74 Å². The number of likely N-dealkylation sites (tertiary alicyclic amines) is 1. The van der Waals surface area contributed by atoms with Crippen molar-refractivity contribution in [1.29, 1.82) is 0 Å². The third-order valence-electron chi connectivity index (χ3n) is 3.88. The van der Waals surface area contributed by atoms with Gasteiger partial charge in [-0.2, -0.15) is 0 Å². The molecule has 5 heteroatoms. The number of benzene rings is 1. The molecule has 0 bridgehead atoms. The lowest BCUT2D eigenvalue weighted by atomic mass is 10.1. The first kappa shape index (κ1) is 16.1. The fraction of sp³-hybridized carbons (Fsp3) is 0.412. The zero-order chi connectivity index (χ0) is 16.1. The molecular formula is C17H22N2O3. The van der Waals surface area contributed by atoms with E-state index in [1.54, 1.807) is 37.3 Å². The number of ether oxygens (including phenoxy) is 1. The lowest BCUT2D eigenvalue weighted by Gasteiger charge is -2.13. The van der Waals surface area contributed by atoms with E-state index in [2.05, 4.69) is 11.9 Å². The van der Waals surface area contributed by atoms with Crippen LogP contribution in [0.1, 0.15) is 22.3 Å². The van der Waals surface area contributed by atoms with E-state index < -0.39 is 0 Å². The van der Waals surface area contributed by atoms with Crippen LogP contribution in [0.15, 0.2) is 30.9 Å². The summed E-state index contributed by atoms with van der Waals surface area (Å²) < 4.78 is 5.27. The number of hydrogen-bond acceptors (Lipinski definition) is 3. The number of hydrogen-bond donors (Lipinski definition) is 1. The molecule has 1 atom stereocenters. The summed E-state index contributed by atoms with van der Waals surface area (Å²) in [6, 6.07) is 5.36. The van der Waals surface area contributed by atoms with Crippen molar-refractivity contribution in [3.05, 3.63) is 42.0 Å². The largest absolute Gasteiger partial charge is 0.496 e. The predicted molar refractivity (Wildman–Crippen MR) is 85.0 cm³/mol. The first-order chi connectivity index (χ1) is 10.5. The van der Waals surface area contributed by atoms with E-state index >= 15 is 0 Å². The average molecular weight is 302 g/mol. The Morgan fingerprint density at radius 3 is 2.91 bits per heavy atom. The Hall–Kier alpha value is -2.30. The zero-order valence-corrected chi connectivity index (χ0v) is 13.1. The third-order valence-corrected chi connectivity index (χ3v) is 3.88. The summed E-state index contributed by atoms with van der Waals surface area (Å²) in [7, 11) is 3.39. The first-order valence-electron chi connectivity index (χ1n) is 7.35. The molecule has 0 aliphatic carbocycles. The fourth-order valence-corrected chi connectivity index (χ4v) is 2.67. The molecule has 5 nitrogen and oxygen atoms in total. The summed E-state index contributed by atoms with van der Waals surface area (Å²) >= 11 is 0. The van der Waals surface area contributed by atoms with E-state index in [0.717, 1.165) is 11.3 Å². The maximum absolute atomic E-state index is 12.2. The van der Waals surface area contributed by atoms with Crippen LogP contribution in [0.3, 0.4) is 0 Å². The standard InChI is InChI=1S/C17H22N2O3/c1-4-5-13-9-14(6-7-15(13)22-3)17(21)18-10-12-8-16(20)19(2)11-12/h4,6-7,9,12H,1,5,8,10-11H2,2-3H3,(H,18,21)/t12-/m0/s1. The topological polar surface area (TPSA) is 58.6 Å². The number of nitrogens with one attached hydrogen (secondary N) is 1. The molecule has 0 radical (unpaired) electrons. The van der Waals surface area contributed by atoms with Crippen LogP contribution in [0, 0.1) is 5.92 Å². The number of methoxy groups -OCH3 is 1. The lowest BCUT2D eigenvalue weighted by Crippen LogP contribution is -2.30. The molecule has 2 rings (SSSR count). The minimum atomic E-state index is -0.130. The fourth-order valence-electron chi connectivity index (χ4n) is 2.67. The molecule has 0 spiro atoms. The molecule has 1 saturated heterocycles. The van der Waals surface area contributed by atoms with Gasteiger partial charge in [-0.15, -0.1) is 6.58 Å². The Labute approximate surface area is 130 Å². The first-order valence-corrected chi connectivity index (χ1v) is 7.35. The molecule has 22 heavy (non-hydrogen) atoms. The molecule has 1 aromatic rings. The summed E-state index contributed by atoms with van der Waals surface area (Å²) in [5.74, 6) is 0.943. The molecule has 1 aliphatic heterocycles. The van der Waals surface area contributed by atoms with Crippen LogP contribution in [0.4, 0.5) is 0 Å². The Kier molecular flexibility index (Phi) is 5.20. The molecule has 2 amide bonds. The van der Waals surface area contributed by atoms with Crippen LogP contribution in [0.5, 0.6) is 5.75 Å². The normalized spacial score (nSPS) is 17.5. The van der Waals surface area contributed by atoms with Gasteiger partial charge in [0.25, 0.3) is 5.91 Å². The van der Waals surface area contributed by atoms with E-state index in [-0.39, 0.29) is 17.7 Å². The molecule has 0 saturated carbocycles. The van der Waals surface area contributed by atoms with Crippen LogP contribution in [-0.4, -0.2) is 44.0 Å².